The van der Waals surface area contributed by atoms with Crippen molar-refractivity contribution >= 4 is 16.4 Å². The summed E-state index contributed by atoms with van der Waals surface area (Å²) < 4.78 is 73.1. The van der Waals surface area contributed by atoms with Gasteiger partial charge in [0, 0.05) is 0 Å². The summed E-state index contributed by atoms with van der Waals surface area (Å²) in [6.07, 6.45) is -14.7. The zero-order valence-corrected chi connectivity index (χ0v) is 40.9. The number of esters is 1. The lowest BCUT2D eigenvalue weighted by Crippen LogP contribution is -2.65. The number of hydrogen-bond donors (Lipinski definition) is 10. The van der Waals surface area contributed by atoms with Crippen molar-refractivity contribution < 1.29 is 96.3 Å². The lowest BCUT2D eigenvalue weighted by Gasteiger charge is -2.71. The van der Waals surface area contributed by atoms with E-state index in [2.05, 4.69) is 54.5 Å². The van der Waals surface area contributed by atoms with Gasteiger partial charge in [-0.15, -0.1) is 0 Å². The van der Waals surface area contributed by atoms with Crippen molar-refractivity contribution in [1.82, 2.24) is 0 Å². The molecular weight excluding hydrogens is 917 g/mol. The van der Waals surface area contributed by atoms with Gasteiger partial charge in [0.15, 0.2) is 12.6 Å². The third-order valence-corrected chi connectivity index (χ3v) is 19.6. The van der Waals surface area contributed by atoms with E-state index in [0.717, 1.165) is 32.1 Å². The third kappa shape index (κ3) is 8.75. The van der Waals surface area contributed by atoms with Gasteiger partial charge in [0.25, 0.3) is 0 Å². The van der Waals surface area contributed by atoms with Crippen molar-refractivity contribution in [3.8, 4) is 0 Å². The molecule has 3 heterocycles. The van der Waals surface area contributed by atoms with Crippen molar-refractivity contribution in [3.63, 3.8) is 0 Å². The van der Waals surface area contributed by atoms with E-state index in [1.54, 1.807) is 0 Å². The fourth-order valence-electron chi connectivity index (χ4n) is 14.9. The Morgan fingerprint density at radius 1 is 0.735 bits per heavy atom. The average molecular weight is 993 g/mol. The number of carbonyl (C=O) groups is 1. The summed E-state index contributed by atoms with van der Waals surface area (Å²) in [5.41, 5.74) is -1.07. The van der Waals surface area contributed by atoms with E-state index in [0.29, 0.717) is 32.1 Å². The minimum Gasteiger partial charge on any atom is -0.432 e. The Balaban J connectivity index is 0.978. The molecule has 0 bridgehead atoms. The minimum absolute atomic E-state index is 0.120. The second-order valence-corrected chi connectivity index (χ2v) is 24.6. The first-order chi connectivity index (χ1) is 31.5. The van der Waals surface area contributed by atoms with Gasteiger partial charge in [0.2, 0.25) is 6.29 Å². The molecule has 3 saturated heterocycles. The first kappa shape index (κ1) is 52.8. The molecule has 8 rings (SSSR count). The van der Waals surface area contributed by atoms with Gasteiger partial charge >= 0.3 is 16.4 Å². The van der Waals surface area contributed by atoms with Crippen LogP contribution in [0.2, 0.25) is 0 Å². The van der Waals surface area contributed by atoms with Crippen molar-refractivity contribution in [2.75, 3.05) is 19.8 Å². The molecule has 21 heteroatoms. The monoisotopic (exact) mass is 992 g/mol. The quantitative estimate of drug-likeness (QED) is 0.0814. The van der Waals surface area contributed by atoms with Crippen LogP contribution < -0.4 is 0 Å². The van der Waals surface area contributed by atoms with Crippen LogP contribution in [0.25, 0.3) is 0 Å². The molecular formula is C47H76O20S. The number of fused-ring (bicyclic) bond motifs is 7. The van der Waals surface area contributed by atoms with E-state index in [9.17, 15) is 63.7 Å². The van der Waals surface area contributed by atoms with E-state index in [-0.39, 0.29) is 39.4 Å². The molecule has 7 fully saturated rings. The summed E-state index contributed by atoms with van der Waals surface area (Å²) in [4.78, 5) is 15.0. The maximum Gasteiger partial charge on any atom is 0.397 e. The molecule has 3 aliphatic heterocycles. The molecule has 0 aromatic rings. The smallest absolute Gasteiger partial charge is 0.397 e. The van der Waals surface area contributed by atoms with Crippen molar-refractivity contribution in [1.29, 1.82) is 0 Å². The Bertz CT molecular complexity index is 2000. The zero-order valence-electron chi connectivity index (χ0n) is 40.1. The molecule has 390 valence electrons. The molecule has 5 aliphatic carbocycles. The highest BCUT2D eigenvalue weighted by Crippen LogP contribution is 2.76. The van der Waals surface area contributed by atoms with Crippen LogP contribution >= 0.6 is 0 Å². The highest BCUT2D eigenvalue weighted by atomic mass is 32.3. The van der Waals surface area contributed by atoms with Gasteiger partial charge in [-0.1, -0.05) is 60.1 Å². The number of rotatable bonds is 10. The molecule has 0 aromatic heterocycles. The lowest BCUT2D eigenvalue weighted by atomic mass is 9.33. The molecule has 4 saturated carbocycles. The lowest BCUT2D eigenvalue weighted by molar-refractivity contribution is -0.355. The summed E-state index contributed by atoms with van der Waals surface area (Å²) in [6.45, 7) is 13.8. The number of carbonyl (C=O) groups excluding carboxylic acids is 1. The number of ether oxygens (including phenoxy) is 6. The Morgan fingerprint density at radius 2 is 1.38 bits per heavy atom. The van der Waals surface area contributed by atoms with Gasteiger partial charge in [-0.25, -0.2) is 4.18 Å². The number of hydrogen-bond acceptors (Lipinski definition) is 19. The Labute approximate surface area is 398 Å². The van der Waals surface area contributed by atoms with Gasteiger partial charge in [0.1, 0.15) is 67.1 Å². The fraction of sp³-hybridized carbons (Fsp3) is 0.936. The predicted molar refractivity (Wildman–Crippen MR) is 235 cm³/mol. The molecule has 22 unspecified atom stereocenters. The molecule has 0 aromatic carbocycles. The van der Waals surface area contributed by atoms with E-state index in [1.165, 1.54) is 5.57 Å². The predicted octanol–water partition coefficient (Wildman–Crippen LogP) is 0.607. The second-order valence-electron chi connectivity index (χ2n) is 23.6. The van der Waals surface area contributed by atoms with Gasteiger partial charge in [-0.05, 0) is 109 Å². The van der Waals surface area contributed by atoms with E-state index in [4.69, 9.17) is 32.6 Å². The maximum absolute atomic E-state index is 15.0. The van der Waals surface area contributed by atoms with Crippen molar-refractivity contribution in [2.24, 2.45) is 50.2 Å². The summed E-state index contributed by atoms with van der Waals surface area (Å²) >= 11 is 0. The zero-order chi connectivity index (χ0) is 49.9. The molecule has 22 atom stereocenters. The van der Waals surface area contributed by atoms with Crippen molar-refractivity contribution in [2.45, 2.75) is 205 Å². The molecule has 68 heavy (non-hydrogen) atoms. The normalized spacial score (nSPS) is 51.2. The fourth-order valence-corrected chi connectivity index (χ4v) is 15.5. The van der Waals surface area contributed by atoms with Gasteiger partial charge in [0.05, 0.1) is 31.3 Å². The summed E-state index contributed by atoms with van der Waals surface area (Å²) in [7, 11) is -4.64. The van der Waals surface area contributed by atoms with Crippen LogP contribution in [0.5, 0.6) is 0 Å². The largest absolute Gasteiger partial charge is 0.432 e. The first-order valence-electron chi connectivity index (χ1n) is 24.4. The number of allylic oxidation sites excluding steroid dienone is 2. The van der Waals surface area contributed by atoms with Crippen LogP contribution in [0.3, 0.4) is 0 Å². The van der Waals surface area contributed by atoms with Crippen LogP contribution in [0.15, 0.2) is 11.6 Å². The van der Waals surface area contributed by atoms with E-state index < -0.39 is 139 Å². The molecule has 0 radical (unpaired) electrons. The van der Waals surface area contributed by atoms with E-state index in [1.807, 2.05) is 0 Å². The molecule has 8 aliphatic rings. The van der Waals surface area contributed by atoms with Crippen LogP contribution in [0, 0.1) is 50.2 Å². The summed E-state index contributed by atoms with van der Waals surface area (Å²) in [5, 5.41) is 95.7. The molecule has 10 N–H and O–H groups in total. The van der Waals surface area contributed by atoms with Gasteiger partial charge in [-0.2, -0.15) is 8.42 Å². The number of aliphatic hydroxyl groups is 9. The topological polar surface area (TPSA) is 318 Å². The maximum atomic E-state index is 15.0. The number of aliphatic hydroxyl groups excluding tert-OH is 9. The van der Waals surface area contributed by atoms with Crippen LogP contribution in [-0.4, -0.2) is 177 Å². The highest BCUT2D eigenvalue weighted by Gasteiger charge is 2.70. The molecule has 20 nitrogen and oxygen atoms in total. The van der Waals surface area contributed by atoms with Crippen LogP contribution in [0.1, 0.15) is 113 Å². The second kappa shape index (κ2) is 18.5. The first-order valence-corrected chi connectivity index (χ1v) is 25.7. The SMILES string of the molecule is CC1(C)CCC2(C(=O)OC3OC(COC4OC(CO)C(OC5OCC(O)C(O)C5O)C(O)C4O)C(O)C(O)C3O)CCC3(C)C(=CCC4C5(C)CCC(OS(=O)(=O)O)C(C)(C)C5CCC43C)C2C1. The van der Waals surface area contributed by atoms with Gasteiger partial charge < -0.3 is 74.4 Å². The third-order valence-electron chi connectivity index (χ3n) is 19.1. The summed E-state index contributed by atoms with van der Waals surface area (Å²) in [6, 6.07) is 0. The summed E-state index contributed by atoms with van der Waals surface area (Å²) in [5.74, 6) is -0.438. The van der Waals surface area contributed by atoms with Crippen LogP contribution in [-0.2, 0) is 47.8 Å². The van der Waals surface area contributed by atoms with Crippen LogP contribution in [0.4, 0.5) is 0 Å². The Morgan fingerprint density at radius 3 is 2.06 bits per heavy atom. The minimum atomic E-state index is -4.64. The van der Waals surface area contributed by atoms with Gasteiger partial charge in [-0.3, -0.25) is 9.35 Å². The molecule has 0 amide bonds. The standard InChI is InChI=1S/C47H76O20S/c1-42(2)14-16-47(17-15-45(6)22(23(47)18-42)8-9-28-44(5)12-11-29(67-68(58,59)60)43(3,4)27(44)10-13-46(28,45)7)41(57)66-40-35(55)32(52)31(51)26(64-40)21-62-38-36(56)33(53)37(25(19-48)63-38)65-39-34(54)30(50)24(49)20-61-39/h8,23-40,48-56H,9-21H2,1-7H3,(H,58,59,60). The molecule has 0 spiro atoms. The van der Waals surface area contributed by atoms with Crippen molar-refractivity contribution in [3.05, 3.63) is 11.6 Å². The Kier molecular flexibility index (Phi) is 14.3. The van der Waals surface area contributed by atoms with E-state index >= 15 is 0 Å². The highest BCUT2D eigenvalue weighted by molar-refractivity contribution is 7.80. The Hall–Kier alpha value is -1.48. The average Bonchev–Trinajstić information content (AvgIpc) is 3.26.